The summed E-state index contributed by atoms with van der Waals surface area (Å²) in [6, 6.07) is 10.9. The van der Waals surface area contributed by atoms with Crippen molar-refractivity contribution in [2.45, 2.75) is 72.1 Å². The molecular weight excluding hydrogens is 497 g/mol. The fourth-order valence-corrected chi connectivity index (χ4v) is 5.44. The lowest BCUT2D eigenvalue weighted by Gasteiger charge is -2.34. The van der Waals surface area contributed by atoms with Crippen molar-refractivity contribution in [2.24, 2.45) is 0 Å². The van der Waals surface area contributed by atoms with E-state index in [4.69, 9.17) is 9.72 Å². The minimum Gasteiger partial charge on any atom is -0.494 e. The van der Waals surface area contributed by atoms with Crippen LogP contribution in [0.25, 0.3) is 22.3 Å². The molecule has 4 rings (SSSR count). The zero-order valence-electron chi connectivity index (χ0n) is 23.8. The first-order valence-electron chi connectivity index (χ1n) is 13.8. The van der Waals surface area contributed by atoms with Gasteiger partial charge in [0.15, 0.2) is 11.6 Å². The molecule has 1 aromatic heterocycles. The van der Waals surface area contributed by atoms with Gasteiger partial charge in [0, 0.05) is 49.0 Å². The molecule has 1 amide bonds. The van der Waals surface area contributed by atoms with Gasteiger partial charge in [0.1, 0.15) is 12.4 Å². The second-order valence-electron chi connectivity index (χ2n) is 10.8. The Morgan fingerprint density at radius 2 is 1.92 bits per heavy atom. The van der Waals surface area contributed by atoms with E-state index in [9.17, 15) is 14.0 Å². The smallest absolute Gasteiger partial charge is 0.262 e. The molecule has 8 nitrogen and oxygen atoms in total. The Morgan fingerprint density at radius 3 is 2.59 bits per heavy atom. The number of carbonyl (C=O) groups excluding carboxylic acids is 1. The molecule has 2 heterocycles. The van der Waals surface area contributed by atoms with Crippen LogP contribution in [-0.2, 0) is 11.3 Å². The summed E-state index contributed by atoms with van der Waals surface area (Å²) in [6.07, 6.45) is 2.09. The summed E-state index contributed by atoms with van der Waals surface area (Å²) in [7, 11) is 1.38. The number of anilines is 1. The van der Waals surface area contributed by atoms with Gasteiger partial charge in [0.2, 0.25) is 5.91 Å². The Morgan fingerprint density at radius 1 is 1.15 bits per heavy atom. The van der Waals surface area contributed by atoms with Gasteiger partial charge in [-0.1, -0.05) is 6.92 Å². The largest absolute Gasteiger partial charge is 0.494 e. The quantitative estimate of drug-likeness (QED) is 0.458. The summed E-state index contributed by atoms with van der Waals surface area (Å²) >= 11 is 0. The Labute approximate surface area is 229 Å². The molecule has 1 aliphatic rings. The zero-order valence-corrected chi connectivity index (χ0v) is 23.8. The van der Waals surface area contributed by atoms with Crippen LogP contribution in [0.5, 0.6) is 5.75 Å². The minimum absolute atomic E-state index is 0.0393. The monoisotopic (exact) mass is 537 g/mol. The van der Waals surface area contributed by atoms with Gasteiger partial charge in [-0.05, 0) is 76.9 Å². The highest BCUT2D eigenvalue weighted by atomic mass is 19.1. The number of fused-ring (bicyclic) bond motifs is 1. The Bertz CT molecular complexity index is 1390. The van der Waals surface area contributed by atoms with E-state index >= 15 is 0 Å². The minimum atomic E-state index is -0.517. The molecule has 0 bridgehead atoms. The third-order valence-electron chi connectivity index (χ3n) is 7.34. The van der Waals surface area contributed by atoms with E-state index in [2.05, 4.69) is 35.9 Å². The fraction of sp³-hybridized carbons (Fsp3) is 0.500. The zero-order chi connectivity index (χ0) is 28.3. The Balaban J connectivity index is 1.81. The van der Waals surface area contributed by atoms with E-state index in [-0.39, 0.29) is 35.6 Å². The Kier molecular flexibility index (Phi) is 8.90. The van der Waals surface area contributed by atoms with Crippen molar-refractivity contribution in [3.63, 3.8) is 0 Å². The average Bonchev–Trinajstić information content (AvgIpc) is 3.13. The molecule has 9 heteroatoms. The molecule has 1 atom stereocenters. The van der Waals surface area contributed by atoms with Crippen molar-refractivity contribution >= 4 is 22.5 Å². The maximum atomic E-state index is 14.2. The highest BCUT2D eigenvalue weighted by molar-refractivity contribution is 5.85. The van der Waals surface area contributed by atoms with Crippen molar-refractivity contribution in [1.82, 2.24) is 19.8 Å². The first-order valence-corrected chi connectivity index (χ1v) is 13.8. The first-order chi connectivity index (χ1) is 18.6. The van der Waals surface area contributed by atoms with Crippen LogP contribution in [0.4, 0.5) is 10.1 Å². The van der Waals surface area contributed by atoms with E-state index < -0.39 is 5.82 Å². The summed E-state index contributed by atoms with van der Waals surface area (Å²) in [4.78, 5) is 36.4. The van der Waals surface area contributed by atoms with Gasteiger partial charge in [0.25, 0.3) is 5.56 Å². The number of carbonyl (C=O) groups is 1. The molecule has 1 unspecified atom stereocenters. The second kappa shape index (κ2) is 12.2. The molecule has 0 saturated carbocycles. The lowest BCUT2D eigenvalue weighted by atomic mass is 10.1. The van der Waals surface area contributed by atoms with Crippen molar-refractivity contribution in [1.29, 1.82) is 0 Å². The van der Waals surface area contributed by atoms with Crippen molar-refractivity contribution in [2.75, 3.05) is 31.6 Å². The lowest BCUT2D eigenvalue weighted by molar-refractivity contribution is -0.122. The number of rotatable bonds is 8. The van der Waals surface area contributed by atoms with Crippen LogP contribution in [0.2, 0.25) is 0 Å². The van der Waals surface area contributed by atoms with Crippen LogP contribution in [-0.4, -0.2) is 65.2 Å². The highest BCUT2D eigenvalue weighted by Crippen LogP contribution is 2.28. The number of benzene rings is 2. The van der Waals surface area contributed by atoms with Gasteiger partial charge < -0.3 is 15.0 Å². The number of nitrogens with zero attached hydrogens (tertiary/aromatic N) is 4. The topological polar surface area (TPSA) is 79.7 Å². The van der Waals surface area contributed by atoms with Crippen LogP contribution in [0.15, 0.2) is 41.2 Å². The van der Waals surface area contributed by atoms with Gasteiger partial charge in [-0.2, -0.15) is 0 Å². The number of ether oxygens (including phenoxy) is 1. The molecule has 1 fully saturated rings. The standard InChI is InChI=1S/C30H40FN5O3/c1-7-22-17-34(13-8-14-35(22)20(4)5)23-10-12-26-24(16-23)30(38)36(18-28(37)32-19(2)3)29(33-26)21-9-11-25(31)27(15-21)39-6/h9-12,15-16,19-20,22H,7-8,13-14,17-18H2,1-6H3,(H,32,37). The summed E-state index contributed by atoms with van der Waals surface area (Å²) in [6.45, 7) is 13.1. The van der Waals surface area contributed by atoms with Gasteiger partial charge >= 0.3 is 0 Å². The average molecular weight is 538 g/mol. The summed E-state index contributed by atoms with van der Waals surface area (Å²) in [5, 5.41) is 3.29. The molecule has 1 N–H and O–H groups in total. The van der Waals surface area contributed by atoms with Crippen LogP contribution in [0.1, 0.15) is 47.5 Å². The lowest BCUT2D eigenvalue weighted by Crippen LogP contribution is -2.44. The number of halogens is 1. The molecule has 1 saturated heterocycles. The van der Waals surface area contributed by atoms with Gasteiger partial charge in [-0.15, -0.1) is 0 Å². The van der Waals surface area contributed by atoms with Gasteiger partial charge in [0.05, 0.1) is 18.0 Å². The maximum Gasteiger partial charge on any atom is 0.262 e. The maximum absolute atomic E-state index is 14.2. The fourth-order valence-electron chi connectivity index (χ4n) is 5.44. The van der Waals surface area contributed by atoms with Crippen LogP contribution in [0.3, 0.4) is 0 Å². The van der Waals surface area contributed by atoms with Crippen molar-refractivity contribution in [3.05, 3.63) is 52.6 Å². The normalized spacial score (nSPS) is 16.6. The van der Waals surface area contributed by atoms with Crippen LogP contribution in [0, 0.1) is 5.82 Å². The molecule has 39 heavy (non-hydrogen) atoms. The molecule has 0 spiro atoms. The summed E-state index contributed by atoms with van der Waals surface area (Å²) in [5.41, 5.74) is 1.67. The third kappa shape index (κ3) is 6.24. The number of hydrogen-bond donors (Lipinski definition) is 1. The van der Waals surface area contributed by atoms with E-state index in [1.54, 1.807) is 6.07 Å². The van der Waals surface area contributed by atoms with Gasteiger partial charge in [-0.25, -0.2) is 9.37 Å². The van der Waals surface area contributed by atoms with Crippen LogP contribution >= 0.6 is 0 Å². The molecule has 210 valence electrons. The van der Waals surface area contributed by atoms with E-state index in [0.29, 0.717) is 28.6 Å². The summed E-state index contributed by atoms with van der Waals surface area (Å²) in [5.74, 6) is -0.493. The van der Waals surface area contributed by atoms with Crippen molar-refractivity contribution in [3.8, 4) is 17.1 Å². The summed E-state index contributed by atoms with van der Waals surface area (Å²) < 4.78 is 20.7. The molecule has 2 aromatic carbocycles. The van der Waals surface area contributed by atoms with Gasteiger partial charge in [-0.3, -0.25) is 19.1 Å². The Hall–Kier alpha value is -3.46. The molecule has 1 aliphatic heterocycles. The SMILES string of the molecule is CCC1CN(c2ccc3nc(-c4ccc(F)c(OC)c4)n(CC(=O)NC(C)C)c(=O)c3c2)CCCN1C(C)C. The number of methoxy groups -OCH3 is 1. The highest BCUT2D eigenvalue weighted by Gasteiger charge is 2.26. The van der Waals surface area contributed by atoms with Crippen LogP contribution < -0.4 is 20.5 Å². The van der Waals surface area contributed by atoms with Crippen molar-refractivity contribution < 1.29 is 13.9 Å². The molecule has 3 aromatic rings. The molecule has 0 aliphatic carbocycles. The number of amides is 1. The predicted octanol–water partition coefficient (Wildman–Crippen LogP) is 4.43. The second-order valence-corrected chi connectivity index (χ2v) is 10.8. The third-order valence-corrected chi connectivity index (χ3v) is 7.34. The number of hydrogen-bond acceptors (Lipinski definition) is 6. The van der Waals surface area contributed by atoms with E-state index in [1.807, 2.05) is 32.0 Å². The number of aromatic nitrogens is 2. The van der Waals surface area contributed by atoms with E-state index in [0.717, 1.165) is 38.2 Å². The van der Waals surface area contributed by atoms with E-state index in [1.165, 1.54) is 23.8 Å². The molecular formula is C30H40FN5O3. The first kappa shape index (κ1) is 28.5. The molecule has 0 radical (unpaired) electrons. The predicted molar refractivity (Wildman–Crippen MR) is 154 cm³/mol. The number of nitrogens with one attached hydrogen (secondary N) is 1.